The van der Waals surface area contributed by atoms with E-state index < -0.39 is 6.10 Å². The second-order valence-electron chi connectivity index (χ2n) is 2.63. The molecule has 72 valence electrons. The molecule has 0 fully saturated rings. The van der Waals surface area contributed by atoms with Crippen LogP contribution >= 0.6 is 11.6 Å². The van der Waals surface area contributed by atoms with E-state index in [1.165, 1.54) is 0 Å². The zero-order valence-electron chi connectivity index (χ0n) is 7.11. The molecule has 0 saturated carbocycles. The second kappa shape index (κ2) is 5.07. The summed E-state index contributed by atoms with van der Waals surface area (Å²) in [6.45, 7) is 0.352. The summed E-state index contributed by atoms with van der Waals surface area (Å²) in [7, 11) is 0. The average molecular weight is 202 g/mol. The molecular weight excluding hydrogens is 190 g/mol. The molecule has 1 aromatic carbocycles. The number of aliphatic hydroxyl groups excluding tert-OH is 1. The maximum Gasteiger partial charge on any atom is 0.138 e. The van der Waals surface area contributed by atoms with E-state index in [1.54, 1.807) is 12.1 Å². The Morgan fingerprint density at radius 2 is 2.15 bits per heavy atom. The van der Waals surface area contributed by atoms with Crippen LogP contribution in [-0.2, 0) is 0 Å². The van der Waals surface area contributed by atoms with E-state index in [1.807, 2.05) is 12.1 Å². The van der Waals surface area contributed by atoms with Crippen LogP contribution in [0.25, 0.3) is 0 Å². The molecule has 0 saturated heterocycles. The van der Waals surface area contributed by atoms with Gasteiger partial charge in [0.2, 0.25) is 0 Å². The molecule has 1 rings (SSSR count). The van der Waals surface area contributed by atoms with Gasteiger partial charge in [0, 0.05) is 6.54 Å². The molecule has 0 aliphatic heterocycles. The first kappa shape index (κ1) is 10.3. The molecule has 0 bridgehead atoms. The van der Waals surface area contributed by atoms with Crippen molar-refractivity contribution in [2.45, 2.75) is 6.10 Å². The van der Waals surface area contributed by atoms with Crippen LogP contribution in [0.1, 0.15) is 0 Å². The fraction of sp³-hybridized carbons (Fsp3) is 0.333. The highest BCUT2D eigenvalue weighted by atomic mass is 35.5. The molecular formula is C9H12ClNO2. The second-order valence-corrected chi connectivity index (χ2v) is 3.04. The largest absolute Gasteiger partial charge is 0.489 e. The van der Waals surface area contributed by atoms with Crippen LogP contribution in [0.15, 0.2) is 24.3 Å². The first-order chi connectivity index (χ1) is 6.24. The summed E-state index contributed by atoms with van der Waals surface area (Å²) in [5.41, 5.74) is 5.21. The first-order valence-electron chi connectivity index (χ1n) is 3.99. The Balaban J connectivity index is 2.50. The number of para-hydroxylation sites is 1. The average Bonchev–Trinajstić information content (AvgIpc) is 2.16. The van der Waals surface area contributed by atoms with E-state index in [9.17, 15) is 0 Å². The zero-order valence-corrected chi connectivity index (χ0v) is 7.87. The lowest BCUT2D eigenvalue weighted by atomic mass is 10.3. The Bertz CT molecular complexity index is 268. The van der Waals surface area contributed by atoms with Crippen LogP contribution in [0.4, 0.5) is 0 Å². The normalized spacial score (nSPS) is 12.5. The maximum absolute atomic E-state index is 9.12. The Kier molecular flexibility index (Phi) is 4.02. The zero-order chi connectivity index (χ0) is 9.68. The SMILES string of the molecule is NC[C@H](O)COc1ccccc1Cl. The lowest BCUT2D eigenvalue weighted by molar-refractivity contribution is 0.114. The molecule has 3 nitrogen and oxygen atoms in total. The number of ether oxygens (including phenoxy) is 1. The minimum atomic E-state index is -0.642. The molecule has 1 atom stereocenters. The molecule has 0 aliphatic rings. The molecule has 1 aromatic rings. The minimum absolute atomic E-state index is 0.167. The van der Waals surface area contributed by atoms with Gasteiger partial charge in [-0.2, -0.15) is 0 Å². The quantitative estimate of drug-likeness (QED) is 0.766. The monoisotopic (exact) mass is 201 g/mol. The van der Waals surface area contributed by atoms with Crippen molar-refractivity contribution in [3.05, 3.63) is 29.3 Å². The summed E-state index contributed by atoms with van der Waals surface area (Å²) in [5.74, 6) is 0.566. The van der Waals surface area contributed by atoms with E-state index >= 15 is 0 Å². The van der Waals surface area contributed by atoms with E-state index in [4.69, 9.17) is 27.2 Å². The third kappa shape index (κ3) is 3.22. The fourth-order valence-corrected chi connectivity index (χ4v) is 1.01. The van der Waals surface area contributed by atoms with Crippen LogP contribution in [0.2, 0.25) is 5.02 Å². The lowest BCUT2D eigenvalue weighted by Gasteiger charge is -2.10. The van der Waals surface area contributed by atoms with Crippen molar-refractivity contribution in [2.24, 2.45) is 5.73 Å². The summed E-state index contributed by atoms with van der Waals surface area (Å²) < 4.78 is 5.23. The van der Waals surface area contributed by atoms with Gasteiger partial charge >= 0.3 is 0 Å². The highest BCUT2D eigenvalue weighted by Crippen LogP contribution is 2.22. The van der Waals surface area contributed by atoms with Gasteiger partial charge in [-0.3, -0.25) is 0 Å². The molecule has 0 unspecified atom stereocenters. The van der Waals surface area contributed by atoms with Crippen molar-refractivity contribution >= 4 is 11.6 Å². The molecule has 0 aliphatic carbocycles. The molecule has 0 radical (unpaired) electrons. The molecule has 0 spiro atoms. The summed E-state index contributed by atoms with van der Waals surface area (Å²) in [6, 6.07) is 7.10. The van der Waals surface area contributed by atoms with Crippen molar-refractivity contribution < 1.29 is 9.84 Å². The van der Waals surface area contributed by atoms with Gasteiger partial charge in [-0.05, 0) is 12.1 Å². The summed E-state index contributed by atoms with van der Waals surface area (Å²) in [5, 5.41) is 9.65. The fourth-order valence-electron chi connectivity index (χ4n) is 0.816. The predicted octanol–water partition coefficient (Wildman–Crippen LogP) is 1.04. The molecule has 0 amide bonds. The molecule has 3 N–H and O–H groups in total. The predicted molar refractivity (Wildman–Crippen MR) is 52.0 cm³/mol. The number of benzene rings is 1. The van der Waals surface area contributed by atoms with E-state index in [2.05, 4.69) is 0 Å². The molecule has 0 heterocycles. The minimum Gasteiger partial charge on any atom is -0.489 e. The summed E-state index contributed by atoms with van der Waals surface area (Å²) in [6.07, 6.45) is -0.642. The van der Waals surface area contributed by atoms with Gasteiger partial charge in [0.25, 0.3) is 0 Å². The number of nitrogens with two attached hydrogens (primary N) is 1. The van der Waals surface area contributed by atoms with Crippen LogP contribution < -0.4 is 10.5 Å². The Morgan fingerprint density at radius 1 is 1.46 bits per heavy atom. The maximum atomic E-state index is 9.12. The van der Waals surface area contributed by atoms with Gasteiger partial charge < -0.3 is 15.6 Å². The van der Waals surface area contributed by atoms with Crippen LogP contribution in [0.5, 0.6) is 5.75 Å². The number of rotatable bonds is 4. The number of hydrogen-bond donors (Lipinski definition) is 2. The van der Waals surface area contributed by atoms with Crippen molar-refractivity contribution in [1.29, 1.82) is 0 Å². The van der Waals surface area contributed by atoms with E-state index in [0.29, 0.717) is 10.8 Å². The van der Waals surface area contributed by atoms with Gasteiger partial charge in [-0.1, -0.05) is 23.7 Å². The topological polar surface area (TPSA) is 55.5 Å². The van der Waals surface area contributed by atoms with Crippen LogP contribution in [0.3, 0.4) is 0 Å². The van der Waals surface area contributed by atoms with Gasteiger partial charge in [-0.25, -0.2) is 0 Å². The highest BCUT2D eigenvalue weighted by Gasteiger charge is 2.04. The molecule has 0 aromatic heterocycles. The van der Waals surface area contributed by atoms with Crippen LogP contribution in [-0.4, -0.2) is 24.4 Å². The van der Waals surface area contributed by atoms with Gasteiger partial charge in [0.1, 0.15) is 18.5 Å². The summed E-state index contributed by atoms with van der Waals surface area (Å²) >= 11 is 5.81. The van der Waals surface area contributed by atoms with Crippen molar-refractivity contribution in [1.82, 2.24) is 0 Å². The number of aliphatic hydroxyl groups is 1. The Labute approximate surface area is 82.1 Å². The van der Waals surface area contributed by atoms with E-state index in [0.717, 1.165) is 0 Å². The third-order valence-electron chi connectivity index (χ3n) is 1.54. The number of halogens is 1. The Morgan fingerprint density at radius 3 is 2.77 bits per heavy atom. The third-order valence-corrected chi connectivity index (χ3v) is 1.85. The lowest BCUT2D eigenvalue weighted by Crippen LogP contribution is -2.26. The first-order valence-corrected chi connectivity index (χ1v) is 4.37. The smallest absolute Gasteiger partial charge is 0.138 e. The standard InChI is InChI=1S/C9H12ClNO2/c10-8-3-1-2-4-9(8)13-6-7(12)5-11/h1-4,7,12H,5-6,11H2/t7-/m0/s1. The van der Waals surface area contributed by atoms with Crippen LogP contribution in [0, 0.1) is 0 Å². The van der Waals surface area contributed by atoms with E-state index in [-0.39, 0.29) is 13.2 Å². The van der Waals surface area contributed by atoms with Crippen molar-refractivity contribution in [2.75, 3.05) is 13.2 Å². The van der Waals surface area contributed by atoms with Gasteiger partial charge in [0.15, 0.2) is 0 Å². The highest BCUT2D eigenvalue weighted by molar-refractivity contribution is 6.32. The Hall–Kier alpha value is -0.770. The number of hydrogen-bond acceptors (Lipinski definition) is 3. The summed E-state index contributed by atoms with van der Waals surface area (Å²) in [4.78, 5) is 0. The van der Waals surface area contributed by atoms with Crippen molar-refractivity contribution in [3.8, 4) is 5.75 Å². The van der Waals surface area contributed by atoms with Gasteiger partial charge in [0.05, 0.1) is 5.02 Å². The molecule has 4 heteroatoms. The van der Waals surface area contributed by atoms with Gasteiger partial charge in [-0.15, -0.1) is 0 Å². The van der Waals surface area contributed by atoms with Crippen molar-refractivity contribution in [3.63, 3.8) is 0 Å². The molecule has 13 heavy (non-hydrogen) atoms.